The average Bonchev–Trinajstić information content (AvgIpc) is 2.36. The minimum absolute atomic E-state index is 0.123. The maximum Gasteiger partial charge on any atom is 0.251 e. The van der Waals surface area contributed by atoms with Crippen molar-refractivity contribution in [2.24, 2.45) is 5.41 Å². The first-order valence-corrected chi connectivity index (χ1v) is 6.25. The van der Waals surface area contributed by atoms with E-state index in [1.165, 1.54) is 0 Å². The van der Waals surface area contributed by atoms with Crippen LogP contribution in [0.4, 0.5) is 11.4 Å². The minimum atomic E-state index is -0.123. The van der Waals surface area contributed by atoms with E-state index in [9.17, 15) is 4.79 Å². The van der Waals surface area contributed by atoms with Gasteiger partial charge in [-0.3, -0.25) is 4.79 Å². The molecule has 0 unspecified atom stereocenters. The molecule has 18 heavy (non-hydrogen) atoms. The molecular formula is C14H23N3O. The zero-order chi connectivity index (χ0) is 13.8. The number of carbonyl (C=O) groups excluding carboxylic acids is 1. The lowest BCUT2D eigenvalue weighted by Crippen LogP contribution is -2.22. The summed E-state index contributed by atoms with van der Waals surface area (Å²) in [5.74, 6) is -0.123. The Morgan fingerprint density at radius 3 is 2.56 bits per heavy atom. The number of amides is 1. The van der Waals surface area contributed by atoms with Gasteiger partial charge in [-0.1, -0.05) is 20.8 Å². The second-order valence-electron chi connectivity index (χ2n) is 5.25. The van der Waals surface area contributed by atoms with Crippen LogP contribution in [-0.2, 0) is 0 Å². The van der Waals surface area contributed by atoms with Gasteiger partial charge in [0.2, 0.25) is 0 Å². The number of rotatable bonds is 5. The molecule has 100 valence electrons. The van der Waals surface area contributed by atoms with Crippen LogP contribution in [0.1, 0.15) is 37.6 Å². The fraction of sp³-hybridized carbons (Fsp3) is 0.500. The molecule has 0 aromatic heterocycles. The minimum Gasteiger partial charge on any atom is -0.397 e. The van der Waals surface area contributed by atoms with Crippen molar-refractivity contribution in [3.63, 3.8) is 0 Å². The van der Waals surface area contributed by atoms with Crippen molar-refractivity contribution < 1.29 is 4.79 Å². The van der Waals surface area contributed by atoms with Gasteiger partial charge in [0.05, 0.1) is 11.4 Å². The summed E-state index contributed by atoms with van der Waals surface area (Å²) in [5, 5.41) is 5.91. The molecular weight excluding hydrogens is 226 g/mol. The number of carbonyl (C=O) groups is 1. The fourth-order valence-electron chi connectivity index (χ4n) is 1.47. The van der Waals surface area contributed by atoms with Crippen molar-refractivity contribution in [3.05, 3.63) is 23.8 Å². The highest BCUT2D eigenvalue weighted by Gasteiger charge is 2.15. The lowest BCUT2D eigenvalue weighted by atomic mass is 9.90. The smallest absolute Gasteiger partial charge is 0.251 e. The summed E-state index contributed by atoms with van der Waals surface area (Å²) in [5.41, 5.74) is 8.23. The van der Waals surface area contributed by atoms with Gasteiger partial charge in [0.15, 0.2) is 0 Å². The van der Waals surface area contributed by atoms with Crippen molar-refractivity contribution in [1.82, 2.24) is 5.32 Å². The second kappa shape index (κ2) is 5.76. The Balaban J connectivity index is 2.77. The van der Waals surface area contributed by atoms with Crippen LogP contribution < -0.4 is 16.4 Å². The molecule has 0 aliphatic heterocycles. The third kappa shape index (κ3) is 3.65. The van der Waals surface area contributed by atoms with Crippen LogP contribution in [-0.4, -0.2) is 19.5 Å². The normalized spacial score (nSPS) is 11.1. The van der Waals surface area contributed by atoms with Crippen LogP contribution in [0.2, 0.25) is 0 Å². The van der Waals surface area contributed by atoms with Crippen LogP contribution in [0.25, 0.3) is 0 Å². The zero-order valence-electron chi connectivity index (χ0n) is 11.6. The average molecular weight is 249 g/mol. The van der Waals surface area contributed by atoms with Gasteiger partial charge in [-0.15, -0.1) is 0 Å². The number of anilines is 2. The van der Waals surface area contributed by atoms with Gasteiger partial charge in [-0.25, -0.2) is 0 Å². The Morgan fingerprint density at radius 2 is 2.06 bits per heavy atom. The summed E-state index contributed by atoms with van der Waals surface area (Å²) < 4.78 is 0. The lowest BCUT2D eigenvalue weighted by Gasteiger charge is -2.24. The maximum atomic E-state index is 11.5. The summed E-state index contributed by atoms with van der Waals surface area (Å²) in [7, 11) is 1.61. The van der Waals surface area contributed by atoms with Gasteiger partial charge >= 0.3 is 0 Å². The van der Waals surface area contributed by atoms with E-state index in [0.717, 1.165) is 18.7 Å². The molecule has 0 fully saturated rings. The summed E-state index contributed by atoms with van der Waals surface area (Å²) in [6.45, 7) is 7.43. The second-order valence-corrected chi connectivity index (χ2v) is 5.25. The van der Waals surface area contributed by atoms with Crippen molar-refractivity contribution in [1.29, 1.82) is 0 Å². The first-order valence-electron chi connectivity index (χ1n) is 6.25. The SMILES string of the molecule is CCC(C)(C)CNc1ccc(C(=O)NC)cc1N. The Hall–Kier alpha value is -1.71. The number of hydrogen-bond acceptors (Lipinski definition) is 3. The molecule has 0 aliphatic rings. The van der Waals surface area contributed by atoms with Crippen LogP contribution in [0.5, 0.6) is 0 Å². The van der Waals surface area contributed by atoms with Gasteiger partial charge in [0.25, 0.3) is 5.91 Å². The van der Waals surface area contributed by atoms with Crippen molar-refractivity contribution in [3.8, 4) is 0 Å². The van der Waals surface area contributed by atoms with Crippen LogP contribution in [0.15, 0.2) is 18.2 Å². The molecule has 0 heterocycles. The van der Waals surface area contributed by atoms with E-state index in [4.69, 9.17) is 5.73 Å². The molecule has 0 saturated heterocycles. The number of nitrogens with two attached hydrogens (primary N) is 1. The highest BCUT2D eigenvalue weighted by molar-refractivity contribution is 5.95. The van der Waals surface area contributed by atoms with Crippen molar-refractivity contribution in [2.45, 2.75) is 27.2 Å². The predicted molar refractivity (Wildman–Crippen MR) is 76.8 cm³/mol. The number of nitrogens with one attached hydrogen (secondary N) is 2. The molecule has 4 nitrogen and oxygen atoms in total. The highest BCUT2D eigenvalue weighted by atomic mass is 16.1. The number of benzene rings is 1. The number of nitrogen functional groups attached to an aromatic ring is 1. The van der Waals surface area contributed by atoms with E-state index in [1.54, 1.807) is 19.2 Å². The summed E-state index contributed by atoms with van der Waals surface area (Å²) in [4.78, 5) is 11.5. The molecule has 0 spiro atoms. The largest absolute Gasteiger partial charge is 0.397 e. The summed E-state index contributed by atoms with van der Waals surface area (Å²) in [6.07, 6.45) is 1.09. The Morgan fingerprint density at radius 1 is 1.39 bits per heavy atom. The topological polar surface area (TPSA) is 67.2 Å². The molecule has 1 aromatic rings. The third-order valence-electron chi connectivity index (χ3n) is 3.26. The molecule has 0 atom stereocenters. The Kier molecular flexibility index (Phi) is 4.59. The molecule has 0 bridgehead atoms. The number of hydrogen-bond donors (Lipinski definition) is 3. The maximum absolute atomic E-state index is 11.5. The van der Waals surface area contributed by atoms with Crippen LogP contribution >= 0.6 is 0 Å². The van der Waals surface area contributed by atoms with Crippen LogP contribution in [0.3, 0.4) is 0 Å². The van der Waals surface area contributed by atoms with Gasteiger partial charge in [0.1, 0.15) is 0 Å². The summed E-state index contributed by atoms with van der Waals surface area (Å²) in [6, 6.07) is 5.32. The molecule has 1 aromatic carbocycles. The first kappa shape index (κ1) is 14.4. The standard InChI is InChI=1S/C14H23N3O/c1-5-14(2,3)9-17-12-7-6-10(8-11(12)15)13(18)16-4/h6-8,17H,5,9,15H2,1-4H3,(H,16,18). The van der Waals surface area contributed by atoms with Crippen LogP contribution in [0, 0.1) is 5.41 Å². The van der Waals surface area contributed by atoms with E-state index in [2.05, 4.69) is 31.4 Å². The summed E-state index contributed by atoms with van der Waals surface area (Å²) >= 11 is 0. The van der Waals surface area contributed by atoms with Crippen molar-refractivity contribution >= 4 is 17.3 Å². The van der Waals surface area contributed by atoms with E-state index < -0.39 is 0 Å². The van der Waals surface area contributed by atoms with Gasteiger partial charge in [-0.05, 0) is 30.0 Å². The molecule has 1 rings (SSSR count). The van der Waals surface area contributed by atoms with E-state index in [-0.39, 0.29) is 11.3 Å². The van der Waals surface area contributed by atoms with Gasteiger partial charge < -0.3 is 16.4 Å². The quantitative estimate of drug-likeness (QED) is 0.702. The van der Waals surface area contributed by atoms with E-state index >= 15 is 0 Å². The molecule has 1 amide bonds. The molecule has 0 saturated carbocycles. The molecule has 0 radical (unpaired) electrons. The zero-order valence-corrected chi connectivity index (χ0v) is 11.6. The first-order chi connectivity index (χ1) is 8.39. The van der Waals surface area contributed by atoms with Crippen molar-refractivity contribution in [2.75, 3.05) is 24.6 Å². The molecule has 0 aliphatic carbocycles. The van der Waals surface area contributed by atoms with E-state index in [1.807, 2.05) is 6.07 Å². The van der Waals surface area contributed by atoms with Gasteiger partial charge in [0, 0.05) is 19.2 Å². The molecule has 4 heteroatoms. The Bertz CT molecular complexity index is 427. The monoisotopic (exact) mass is 249 g/mol. The Labute approximate surface area is 109 Å². The predicted octanol–water partition coefficient (Wildman–Crippen LogP) is 2.48. The fourth-order valence-corrected chi connectivity index (χ4v) is 1.47. The van der Waals surface area contributed by atoms with Gasteiger partial charge in [-0.2, -0.15) is 0 Å². The third-order valence-corrected chi connectivity index (χ3v) is 3.26. The molecule has 4 N–H and O–H groups in total. The highest BCUT2D eigenvalue weighted by Crippen LogP contribution is 2.24. The van der Waals surface area contributed by atoms with E-state index in [0.29, 0.717) is 11.3 Å². The lowest BCUT2D eigenvalue weighted by molar-refractivity contribution is 0.0963.